The molecule has 0 aliphatic heterocycles. The van der Waals surface area contributed by atoms with Gasteiger partial charge in [0, 0.05) is 49.1 Å². The lowest BCUT2D eigenvalue weighted by atomic mass is 9.82. The third-order valence-corrected chi connectivity index (χ3v) is 12.2. The van der Waals surface area contributed by atoms with E-state index < -0.39 is 0 Å². The summed E-state index contributed by atoms with van der Waals surface area (Å²) < 4.78 is 7.47. The maximum Gasteiger partial charge on any atom is 0.0641 e. The highest BCUT2D eigenvalue weighted by Gasteiger charge is 2.36. The number of rotatable bonds is 3. The summed E-state index contributed by atoms with van der Waals surface area (Å²) in [5.41, 5.74) is 16.2. The van der Waals surface area contributed by atoms with Crippen LogP contribution >= 0.6 is 0 Å². The van der Waals surface area contributed by atoms with Gasteiger partial charge in [0.15, 0.2) is 0 Å². The van der Waals surface area contributed by atoms with Gasteiger partial charge in [-0.2, -0.15) is 0 Å². The molecule has 0 amide bonds. The molecule has 0 unspecified atom stereocenters. The quantitative estimate of drug-likeness (QED) is 0.175. The molecule has 1 aliphatic rings. The van der Waals surface area contributed by atoms with Crippen molar-refractivity contribution in [2.45, 2.75) is 19.3 Å². The number of para-hydroxylation sites is 4. The Bertz CT molecular complexity index is 3340. The molecule has 0 bridgehead atoms. The van der Waals surface area contributed by atoms with E-state index in [1.165, 1.54) is 99.0 Å². The van der Waals surface area contributed by atoms with E-state index in [2.05, 4.69) is 203 Å². The number of nitrogens with zero attached hydrogens (tertiary/aromatic N) is 3. The summed E-state index contributed by atoms with van der Waals surface area (Å²) in [5, 5.41) is 7.57. The van der Waals surface area contributed by atoms with Crippen molar-refractivity contribution in [3.05, 3.63) is 187 Å². The lowest BCUT2D eigenvalue weighted by Crippen LogP contribution is -2.14. The molecule has 0 radical (unpaired) electrons. The third-order valence-electron chi connectivity index (χ3n) is 12.2. The van der Waals surface area contributed by atoms with Crippen molar-refractivity contribution in [1.82, 2.24) is 13.7 Å². The minimum absolute atomic E-state index is 0.101. The highest BCUT2D eigenvalue weighted by Crippen LogP contribution is 2.52. The van der Waals surface area contributed by atoms with Crippen molar-refractivity contribution >= 4 is 65.4 Å². The van der Waals surface area contributed by atoms with Crippen LogP contribution in [0.1, 0.15) is 25.0 Å². The van der Waals surface area contributed by atoms with E-state index in [0.717, 1.165) is 5.69 Å². The van der Waals surface area contributed by atoms with Gasteiger partial charge in [-0.15, -0.1) is 0 Å². The van der Waals surface area contributed by atoms with E-state index in [-0.39, 0.29) is 5.41 Å². The molecular weight excluding hydrogens is 655 g/mol. The second kappa shape index (κ2) is 10.6. The Morgan fingerprint density at radius 1 is 0.352 bits per heavy atom. The Morgan fingerprint density at radius 2 is 0.963 bits per heavy atom. The van der Waals surface area contributed by atoms with Gasteiger partial charge in [-0.05, 0) is 89.0 Å². The summed E-state index contributed by atoms with van der Waals surface area (Å²) in [6, 6.07) is 65.0. The number of hydrogen-bond donors (Lipinski definition) is 0. The predicted molar refractivity (Wildman–Crippen MR) is 227 cm³/mol. The summed E-state index contributed by atoms with van der Waals surface area (Å²) >= 11 is 0. The van der Waals surface area contributed by atoms with Gasteiger partial charge in [0.25, 0.3) is 0 Å². The Balaban J connectivity index is 1.26. The molecule has 3 nitrogen and oxygen atoms in total. The maximum atomic E-state index is 2.53. The second-order valence-electron chi connectivity index (χ2n) is 15.3. The molecule has 0 fully saturated rings. The van der Waals surface area contributed by atoms with Crippen molar-refractivity contribution in [2.75, 3.05) is 0 Å². The first-order chi connectivity index (χ1) is 26.6. The van der Waals surface area contributed by atoms with E-state index in [1.54, 1.807) is 0 Å². The Labute approximate surface area is 312 Å². The normalized spacial score (nSPS) is 13.5. The molecule has 254 valence electrons. The molecule has 3 heterocycles. The highest BCUT2D eigenvalue weighted by atomic mass is 15.0. The van der Waals surface area contributed by atoms with Crippen LogP contribution in [0.25, 0.3) is 93.6 Å². The van der Waals surface area contributed by atoms with E-state index in [1.807, 2.05) is 0 Å². The Morgan fingerprint density at radius 3 is 1.74 bits per heavy atom. The van der Waals surface area contributed by atoms with Crippen LogP contribution in [-0.2, 0) is 5.41 Å². The van der Waals surface area contributed by atoms with E-state index in [4.69, 9.17) is 0 Å². The fraction of sp³-hybridized carbons (Fsp3) is 0.0588. The molecule has 0 spiro atoms. The molecule has 1 aliphatic carbocycles. The first-order valence-electron chi connectivity index (χ1n) is 18.9. The van der Waals surface area contributed by atoms with Crippen LogP contribution in [0.15, 0.2) is 176 Å². The summed E-state index contributed by atoms with van der Waals surface area (Å²) in [6.07, 6.45) is 0. The highest BCUT2D eigenvalue weighted by molar-refractivity contribution is 6.27. The largest absolute Gasteiger partial charge is 0.309 e. The first kappa shape index (κ1) is 29.7. The zero-order valence-electron chi connectivity index (χ0n) is 30.1. The zero-order valence-corrected chi connectivity index (χ0v) is 30.1. The standard InChI is InChI=1S/C51H35N3/c1-51(2)40-23-12-9-20-34(40)38-30-39-47(31-41(38)51)52(32-16-5-3-6-17-32)44-26-15-27-45(48(39)44)54-43-25-14-11-22-37(43)49-46(54)29-28-36-35-21-10-13-24-42(35)53(50(36)49)33-18-7-4-8-19-33/h3-31H,1-2H3. The van der Waals surface area contributed by atoms with Gasteiger partial charge >= 0.3 is 0 Å². The molecule has 12 rings (SSSR count). The van der Waals surface area contributed by atoms with Gasteiger partial charge in [0.05, 0.1) is 38.8 Å². The molecule has 3 heteroatoms. The van der Waals surface area contributed by atoms with Gasteiger partial charge in [0.2, 0.25) is 0 Å². The third kappa shape index (κ3) is 3.75. The average molecular weight is 690 g/mol. The monoisotopic (exact) mass is 689 g/mol. The van der Waals surface area contributed by atoms with E-state index >= 15 is 0 Å². The summed E-state index contributed by atoms with van der Waals surface area (Å²) in [7, 11) is 0. The van der Waals surface area contributed by atoms with E-state index in [0.29, 0.717) is 0 Å². The fourth-order valence-electron chi connectivity index (χ4n) is 9.90. The SMILES string of the molecule is CC1(C)c2ccccc2-c2cc3c4c(-n5c6ccccc6c6c5ccc5c7ccccc7n(-c7ccccc7)c56)cccc4n(-c4ccccc4)c3cc21. The lowest BCUT2D eigenvalue weighted by molar-refractivity contribution is 0.661. The lowest BCUT2D eigenvalue weighted by Gasteiger charge is -2.21. The van der Waals surface area contributed by atoms with E-state index in [9.17, 15) is 0 Å². The molecule has 0 saturated heterocycles. The smallest absolute Gasteiger partial charge is 0.0641 e. The van der Waals surface area contributed by atoms with Crippen molar-refractivity contribution in [2.24, 2.45) is 0 Å². The minimum Gasteiger partial charge on any atom is -0.309 e. The van der Waals surface area contributed by atoms with Crippen molar-refractivity contribution in [3.63, 3.8) is 0 Å². The molecule has 0 N–H and O–H groups in total. The minimum atomic E-state index is -0.101. The van der Waals surface area contributed by atoms with Crippen LogP contribution in [-0.4, -0.2) is 13.7 Å². The van der Waals surface area contributed by atoms with Crippen LogP contribution in [0.4, 0.5) is 0 Å². The van der Waals surface area contributed by atoms with Gasteiger partial charge in [-0.3, -0.25) is 0 Å². The molecule has 0 atom stereocenters. The predicted octanol–water partition coefficient (Wildman–Crippen LogP) is 13.3. The number of hydrogen-bond acceptors (Lipinski definition) is 0. The number of aromatic nitrogens is 3. The fourth-order valence-corrected chi connectivity index (χ4v) is 9.90. The van der Waals surface area contributed by atoms with Gasteiger partial charge in [-0.1, -0.05) is 123 Å². The van der Waals surface area contributed by atoms with Gasteiger partial charge in [-0.25, -0.2) is 0 Å². The van der Waals surface area contributed by atoms with Crippen LogP contribution in [0.2, 0.25) is 0 Å². The van der Waals surface area contributed by atoms with Gasteiger partial charge < -0.3 is 13.7 Å². The molecular formula is C51H35N3. The van der Waals surface area contributed by atoms with Crippen LogP contribution < -0.4 is 0 Å². The van der Waals surface area contributed by atoms with Crippen LogP contribution in [0.3, 0.4) is 0 Å². The number of benzene rings is 8. The Hall–Kier alpha value is -6.84. The maximum absolute atomic E-state index is 2.53. The summed E-state index contributed by atoms with van der Waals surface area (Å²) in [6.45, 7) is 4.75. The molecule has 8 aromatic carbocycles. The van der Waals surface area contributed by atoms with Crippen molar-refractivity contribution in [1.29, 1.82) is 0 Å². The van der Waals surface area contributed by atoms with Crippen molar-refractivity contribution < 1.29 is 0 Å². The molecule has 54 heavy (non-hydrogen) atoms. The molecule has 11 aromatic rings. The molecule has 0 saturated carbocycles. The molecule has 3 aromatic heterocycles. The van der Waals surface area contributed by atoms with Gasteiger partial charge in [0.1, 0.15) is 0 Å². The summed E-state index contributed by atoms with van der Waals surface area (Å²) in [5.74, 6) is 0. The number of fused-ring (bicyclic) bond motifs is 13. The average Bonchev–Trinajstić information content (AvgIpc) is 3.91. The second-order valence-corrected chi connectivity index (χ2v) is 15.3. The first-order valence-corrected chi connectivity index (χ1v) is 18.9. The Kier molecular flexibility index (Phi) is 5.84. The van der Waals surface area contributed by atoms with Crippen LogP contribution in [0, 0.1) is 0 Å². The summed E-state index contributed by atoms with van der Waals surface area (Å²) in [4.78, 5) is 0. The zero-order chi connectivity index (χ0) is 35.7. The van der Waals surface area contributed by atoms with Crippen molar-refractivity contribution in [3.8, 4) is 28.2 Å². The topological polar surface area (TPSA) is 14.8 Å². The van der Waals surface area contributed by atoms with Crippen LogP contribution in [0.5, 0.6) is 0 Å².